The van der Waals surface area contributed by atoms with Gasteiger partial charge in [-0.15, -0.1) is 11.3 Å². The smallest absolute Gasteiger partial charge is 0.0714 e. The number of thiophene rings is 1. The normalized spacial score (nSPS) is 12.6. The molecule has 2 heteroatoms. The lowest BCUT2D eigenvalue weighted by molar-refractivity contribution is 0.768. The Morgan fingerprint density at radius 3 is 1.59 bits per heavy atom. The number of hydrogen-bond acceptors (Lipinski definition) is 2. The molecule has 0 radical (unpaired) electrons. The van der Waals surface area contributed by atoms with Crippen LogP contribution in [0.15, 0.2) is 249 Å². The lowest BCUT2D eigenvalue weighted by atomic mass is 9.67. The number of nitrogens with zero attached hydrogens (tertiary/aromatic N) is 1. The van der Waals surface area contributed by atoms with Gasteiger partial charge >= 0.3 is 0 Å². The summed E-state index contributed by atoms with van der Waals surface area (Å²) in [7, 11) is 0. The van der Waals surface area contributed by atoms with Gasteiger partial charge < -0.3 is 4.90 Å². The Kier molecular flexibility index (Phi) is 8.98. The summed E-state index contributed by atoms with van der Waals surface area (Å²) in [4.78, 5) is 2.48. The van der Waals surface area contributed by atoms with Gasteiger partial charge in [0.15, 0.2) is 0 Å². The van der Waals surface area contributed by atoms with Crippen LogP contribution in [0.2, 0.25) is 0 Å². The molecule has 1 heterocycles. The van der Waals surface area contributed by atoms with Crippen LogP contribution in [0.1, 0.15) is 22.3 Å². The van der Waals surface area contributed by atoms with Crippen molar-refractivity contribution in [2.24, 2.45) is 0 Å². The average molecular weight is 820 g/mol. The molecule has 0 fully saturated rings. The van der Waals surface area contributed by atoms with Crippen LogP contribution in [0.3, 0.4) is 0 Å². The molecule has 1 aliphatic carbocycles. The molecule has 1 aromatic heterocycles. The topological polar surface area (TPSA) is 3.24 Å². The number of rotatable bonds is 8. The Balaban J connectivity index is 1.10. The Labute approximate surface area is 372 Å². The van der Waals surface area contributed by atoms with Crippen molar-refractivity contribution >= 4 is 48.6 Å². The second kappa shape index (κ2) is 15.3. The molecular weight excluding hydrogens is 779 g/mol. The van der Waals surface area contributed by atoms with E-state index < -0.39 is 5.41 Å². The Hall–Kier alpha value is -7.78. The molecule has 0 aliphatic heterocycles. The molecule has 0 unspecified atom stereocenters. The van der Waals surface area contributed by atoms with E-state index in [-0.39, 0.29) is 0 Å². The van der Waals surface area contributed by atoms with E-state index in [1.54, 1.807) is 0 Å². The van der Waals surface area contributed by atoms with E-state index in [2.05, 4.69) is 254 Å². The van der Waals surface area contributed by atoms with E-state index in [9.17, 15) is 0 Å². The highest BCUT2D eigenvalue weighted by Crippen LogP contribution is 2.57. The molecule has 0 spiro atoms. The molecule has 1 aliphatic rings. The van der Waals surface area contributed by atoms with Crippen LogP contribution in [0.5, 0.6) is 0 Å². The van der Waals surface area contributed by atoms with Gasteiger partial charge in [0.25, 0.3) is 0 Å². The van der Waals surface area contributed by atoms with Crippen molar-refractivity contribution in [3.63, 3.8) is 0 Å². The predicted octanol–water partition coefficient (Wildman–Crippen LogP) is 16.9. The van der Waals surface area contributed by atoms with Crippen molar-refractivity contribution in [3.8, 4) is 44.5 Å². The maximum atomic E-state index is 2.48. The van der Waals surface area contributed by atoms with Crippen LogP contribution in [0.4, 0.5) is 17.1 Å². The number of fused-ring (bicyclic) bond motifs is 6. The minimum Gasteiger partial charge on any atom is -0.310 e. The van der Waals surface area contributed by atoms with Gasteiger partial charge in [-0.05, 0) is 104 Å². The number of hydrogen-bond donors (Lipinski definition) is 0. The summed E-state index contributed by atoms with van der Waals surface area (Å²) in [6.07, 6.45) is 0. The zero-order chi connectivity index (χ0) is 41.7. The summed E-state index contributed by atoms with van der Waals surface area (Å²) in [6, 6.07) is 91.6. The summed E-state index contributed by atoms with van der Waals surface area (Å²) < 4.78 is 2.64. The van der Waals surface area contributed by atoms with Crippen molar-refractivity contribution in [1.29, 1.82) is 0 Å². The van der Waals surface area contributed by atoms with Crippen LogP contribution < -0.4 is 4.90 Å². The SMILES string of the molecule is c1ccc(-c2ccc(N(c3ccc(-c4cccc5c4sc4ccccc45)cc3)c3ccc4c(c3)C(c3ccccc3)(c3ccccc3)c3ccccc3-4)c(-c3ccccc3)c2)cc1. The minimum absolute atomic E-state index is 0.525. The standard InChI is InChI=1S/C61H41NS/c1-5-18-42(19-6-1)45-34-39-58(55(40-45)43-20-7-2-8-21-43)62(48-35-32-44(33-36-48)50-28-17-29-54-53-27-14-16-31-59(53)63-60(50)54)49-37-38-52-51-26-13-15-30-56(51)61(57(52)41-49,46-22-9-3-10-23-46)47-24-11-4-12-25-47/h1-41H. The van der Waals surface area contributed by atoms with Crippen molar-refractivity contribution in [2.45, 2.75) is 5.41 Å². The average Bonchev–Trinajstić information content (AvgIpc) is 3.89. The first kappa shape index (κ1) is 37.0. The Bertz CT molecular complexity index is 3390. The third-order valence-electron chi connectivity index (χ3n) is 13.0. The predicted molar refractivity (Wildman–Crippen MR) is 268 cm³/mol. The minimum atomic E-state index is -0.525. The second-order valence-corrected chi connectivity index (χ2v) is 17.4. The van der Waals surface area contributed by atoms with Crippen LogP contribution in [-0.4, -0.2) is 0 Å². The highest BCUT2D eigenvalue weighted by molar-refractivity contribution is 7.26. The fourth-order valence-electron chi connectivity index (χ4n) is 10.2. The van der Waals surface area contributed by atoms with Gasteiger partial charge in [-0.1, -0.05) is 206 Å². The van der Waals surface area contributed by atoms with Crippen LogP contribution in [0, 0.1) is 0 Å². The van der Waals surface area contributed by atoms with E-state index in [1.165, 1.54) is 81.4 Å². The quantitative estimate of drug-likeness (QED) is 0.148. The Morgan fingerprint density at radius 1 is 0.317 bits per heavy atom. The van der Waals surface area contributed by atoms with Crippen molar-refractivity contribution < 1.29 is 0 Å². The van der Waals surface area contributed by atoms with Gasteiger partial charge in [0.1, 0.15) is 0 Å². The molecule has 11 aromatic rings. The zero-order valence-corrected chi connectivity index (χ0v) is 35.3. The lowest BCUT2D eigenvalue weighted by Gasteiger charge is -2.35. The number of anilines is 3. The molecule has 63 heavy (non-hydrogen) atoms. The molecular formula is C61H41NS. The monoisotopic (exact) mass is 819 g/mol. The van der Waals surface area contributed by atoms with Crippen LogP contribution in [-0.2, 0) is 5.41 Å². The third kappa shape index (κ3) is 6.06. The summed E-state index contributed by atoms with van der Waals surface area (Å²) >= 11 is 1.88. The molecule has 0 saturated heterocycles. The first-order valence-corrected chi connectivity index (χ1v) is 22.5. The molecule has 296 valence electrons. The van der Waals surface area contributed by atoms with Gasteiger partial charge in [0.2, 0.25) is 0 Å². The van der Waals surface area contributed by atoms with Crippen molar-refractivity contribution in [2.75, 3.05) is 4.90 Å². The van der Waals surface area contributed by atoms with Gasteiger partial charge in [-0.25, -0.2) is 0 Å². The maximum absolute atomic E-state index is 2.48. The third-order valence-corrected chi connectivity index (χ3v) is 14.2. The summed E-state index contributed by atoms with van der Waals surface area (Å²) in [6.45, 7) is 0. The molecule has 0 N–H and O–H groups in total. The second-order valence-electron chi connectivity index (χ2n) is 16.4. The molecule has 12 rings (SSSR count). The zero-order valence-electron chi connectivity index (χ0n) is 34.5. The lowest BCUT2D eigenvalue weighted by Crippen LogP contribution is -2.28. The van der Waals surface area contributed by atoms with E-state index in [4.69, 9.17) is 0 Å². The van der Waals surface area contributed by atoms with Gasteiger partial charge in [-0.3, -0.25) is 0 Å². The maximum Gasteiger partial charge on any atom is 0.0714 e. The first-order valence-electron chi connectivity index (χ1n) is 21.7. The molecule has 10 aromatic carbocycles. The Morgan fingerprint density at radius 2 is 0.857 bits per heavy atom. The molecule has 1 nitrogen and oxygen atoms in total. The van der Waals surface area contributed by atoms with Gasteiger partial charge in [-0.2, -0.15) is 0 Å². The highest BCUT2D eigenvalue weighted by atomic mass is 32.1. The largest absolute Gasteiger partial charge is 0.310 e. The molecule has 0 amide bonds. The summed E-state index contributed by atoms with van der Waals surface area (Å²) in [5, 5.41) is 2.62. The highest BCUT2D eigenvalue weighted by Gasteiger charge is 2.46. The first-order chi connectivity index (χ1) is 31.3. The fourth-order valence-corrected chi connectivity index (χ4v) is 11.4. The summed E-state index contributed by atoms with van der Waals surface area (Å²) in [5.74, 6) is 0. The van der Waals surface area contributed by atoms with E-state index in [0.29, 0.717) is 0 Å². The number of benzene rings is 10. The van der Waals surface area contributed by atoms with Crippen molar-refractivity contribution in [3.05, 3.63) is 271 Å². The van der Waals surface area contributed by atoms with Crippen LogP contribution in [0.25, 0.3) is 64.7 Å². The molecule has 0 atom stereocenters. The van der Waals surface area contributed by atoms with Crippen LogP contribution >= 0.6 is 11.3 Å². The molecule has 0 saturated carbocycles. The fraction of sp³-hybridized carbons (Fsp3) is 0.0164. The van der Waals surface area contributed by atoms with Gasteiger partial charge in [0, 0.05) is 37.1 Å². The van der Waals surface area contributed by atoms with E-state index in [0.717, 1.165) is 22.6 Å². The van der Waals surface area contributed by atoms with E-state index in [1.807, 2.05) is 11.3 Å². The van der Waals surface area contributed by atoms with E-state index >= 15 is 0 Å². The molecule has 0 bridgehead atoms. The van der Waals surface area contributed by atoms with Crippen molar-refractivity contribution in [1.82, 2.24) is 0 Å². The van der Waals surface area contributed by atoms with Gasteiger partial charge in [0.05, 0.1) is 11.1 Å². The summed E-state index contributed by atoms with van der Waals surface area (Å²) in [5.41, 5.74) is 17.6.